The van der Waals surface area contributed by atoms with E-state index >= 15 is 0 Å². The highest BCUT2D eigenvalue weighted by Gasteiger charge is 2.17. The van der Waals surface area contributed by atoms with Gasteiger partial charge in [-0.05, 0) is 25.7 Å². The molecule has 162 valence electrons. The lowest BCUT2D eigenvalue weighted by Gasteiger charge is -2.17. The molecule has 0 radical (unpaired) electrons. The third-order valence-corrected chi connectivity index (χ3v) is 5.57. The number of aliphatic hydroxyl groups is 1. The maximum Gasteiger partial charge on any atom is 0.223 e. The summed E-state index contributed by atoms with van der Waals surface area (Å²) in [7, 11) is 0. The van der Waals surface area contributed by atoms with Crippen LogP contribution >= 0.6 is 0 Å². The molecule has 0 aliphatic heterocycles. The van der Waals surface area contributed by atoms with Crippen LogP contribution in [0.15, 0.2) is 0 Å². The third-order valence-electron chi connectivity index (χ3n) is 5.57. The van der Waals surface area contributed by atoms with Crippen LogP contribution in [0, 0.1) is 5.92 Å². The van der Waals surface area contributed by atoms with E-state index in [4.69, 9.17) is 5.11 Å². The van der Waals surface area contributed by atoms with Gasteiger partial charge in [-0.25, -0.2) is 0 Å². The van der Waals surface area contributed by atoms with Crippen LogP contribution in [-0.2, 0) is 4.79 Å². The highest BCUT2D eigenvalue weighted by Crippen LogP contribution is 2.19. The van der Waals surface area contributed by atoms with Gasteiger partial charge in [-0.1, -0.05) is 104 Å². The number of rotatable bonds is 21. The standard InChI is InChI=1S/C24H49NO2/c1-3-5-7-9-12-16-20-23(19-15-8-6-4-2)24(27)25-21-17-13-10-11-14-18-22-26/h23,26H,3-22H2,1-2H3,(H,25,27). The summed E-state index contributed by atoms with van der Waals surface area (Å²) in [5.74, 6) is 0.540. The summed E-state index contributed by atoms with van der Waals surface area (Å²) in [6.07, 6.45) is 21.7. The van der Waals surface area contributed by atoms with Crippen LogP contribution in [0.1, 0.15) is 129 Å². The Morgan fingerprint density at radius 2 is 1.11 bits per heavy atom. The minimum atomic E-state index is 0.234. The molecule has 0 aliphatic rings. The van der Waals surface area contributed by atoms with Crippen molar-refractivity contribution in [2.45, 2.75) is 129 Å². The molecule has 1 atom stereocenters. The van der Waals surface area contributed by atoms with Crippen molar-refractivity contribution < 1.29 is 9.90 Å². The van der Waals surface area contributed by atoms with Crippen molar-refractivity contribution in [3.05, 3.63) is 0 Å². The Labute approximate surface area is 170 Å². The zero-order chi connectivity index (χ0) is 20.0. The number of carbonyl (C=O) groups excluding carboxylic acids is 1. The van der Waals surface area contributed by atoms with Crippen LogP contribution in [0.4, 0.5) is 0 Å². The van der Waals surface area contributed by atoms with E-state index in [0.717, 1.165) is 38.6 Å². The lowest BCUT2D eigenvalue weighted by atomic mass is 9.93. The zero-order valence-corrected chi connectivity index (χ0v) is 18.6. The van der Waals surface area contributed by atoms with E-state index in [0.29, 0.717) is 12.5 Å². The SMILES string of the molecule is CCCCCCCCC(CCCCCC)C(=O)NCCCCCCCCO. The van der Waals surface area contributed by atoms with Crippen molar-refractivity contribution in [3.63, 3.8) is 0 Å². The molecule has 0 aromatic rings. The van der Waals surface area contributed by atoms with E-state index in [1.807, 2.05) is 0 Å². The summed E-state index contributed by atoms with van der Waals surface area (Å²) in [6.45, 7) is 5.64. The largest absolute Gasteiger partial charge is 0.396 e. The van der Waals surface area contributed by atoms with E-state index in [1.165, 1.54) is 83.5 Å². The number of hydrogen-bond acceptors (Lipinski definition) is 2. The summed E-state index contributed by atoms with van der Waals surface area (Å²) < 4.78 is 0. The smallest absolute Gasteiger partial charge is 0.223 e. The van der Waals surface area contributed by atoms with Gasteiger partial charge in [0.15, 0.2) is 0 Å². The lowest BCUT2D eigenvalue weighted by molar-refractivity contribution is -0.125. The maximum absolute atomic E-state index is 12.6. The quantitative estimate of drug-likeness (QED) is 0.215. The van der Waals surface area contributed by atoms with Crippen LogP contribution < -0.4 is 5.32 Å². The van der Waals surface area contributed by atoms with Crippen molar-refractivity contribution in [2.75, 3.05) is 13.2 Å². The zero-order valence-electron chi connectivity index (χ0n) is 18.6. The minimum Gasteiger partial charge on any atom is -0.396 e. The van der Waals surface area contributed by atoms with Gasteiger partial charge in [0, 0.05) is 19.1 Å². The lowest BCUT2D eigenvalue weighted by Crippen LogP contribution is -2.31. The molecule has 27 heavy (non-hydrogen) atoms. The van der Waals surface area contributed by atoms with E-state index in [1.54, 1.807) is 0 Å². The first-order valence-electron chi connectivity index (χ1n) is 12.1. The molecule has 0 fully saturated rings. The monoisotopic (exact) mass is 383 g/mol. The molecule has 1 unspecified atom stereocenters. The number of unbranched alkanes of at least 4 members (excludes halogenated alkanes) is 13. The van der Waals surface area contributed by atoms with Gasteiger partial charge < -0.3 is 10.4 Å². The molecule has 0 aromatic carbocycles. The molecule has 0 aliphatic carbocycles. The molecule has 0 heterocycles. The second kappa shape index (κ2) is 21.7. The fourth-order valence-corrected chi connectivity index (χ4v) is 3.69. The van der Waals surface area contributed by atoms with Gasteiger partial charge in [-0.15, -0.1) is 0 Å². The molecule has 0 rings (SSSR count). The summed E-state index contributed by atoms with van der Waals surface area (Å²) in [4.78, 5) is 12.6. The molecule has 0 saturated heterocycles. The summed E-state index contributed by atoms with van der Waals surface area (Å²) in [5, 5.41) is 12.0. The minimum absolute atomic E-state index is 0.234. The Balaban J connectivity index is 3.93. The van der Waals surface area contributed by atoms with Crippen LogP contribution in [0.5, 0.6) is 0 Å². The van der Waals surface area contributed by atoms with Crippen molar-refractivity contribution >= 4 is 5.91 Å². The van der Waals surface area contributed by atoms with Gasteiger partial charge in [0.1, 0.15) is 0 Å². The third kappa shape index (κ3) is 18.6. The van der Waals surface area contributed by atoms with Crippen molar-refractivity contribution in [3.8, 4) is 0 Å². The second-order valence-electron chi connectivity index (χ2n) is 8.24. The Morgan fingerprint density at radius 1 is 0.667 bits per heavy atom. The molecule has 0 bridgehead atoms. The van der Waals surface area contributed by atoms with Crippen LogP contribution in [0.25, 0.3) is 0 Å². The molecular weight excluding hydrogens is 334 g/mol. The van der Waals surface area contributed by atoms with Crippen molar-refractivity contribution in [1.82, 2.24) is 5.32 Å². The summed E-state index contributed by atoms with van der Waals surface area (Å²) in [5.41, 5.74) is 0. The van der Waals surface area contributed by atoms with Crippen LogP contribution in [-0.4, -0.2) is 24.2 Å². The first-order chi connectivity index (χ1) is 13.3. The van der Waals surface area contributed by atoms with E-state index < -0.39 is 0 Å². The fraction of sp³-hybridized carbons (Fsp3) is 0.958. The molecule has 1 amide bonds. The Morgan fingerprint density at radius 3 is 1.67 bits per heavy atom. The van der Waals surface area contributed by atoms with E-state index in [9.17, 15) is 4.79 Å². The van der Waals surface area contributed by atoms with Crippen LogP contribution in [0.2, 0.25) is 0 Å². The Bertz CT molecular complexity index is 307. The molecule has 3 heteroatoms. The average molecular weight is 384 g/mol. The number of aliphatic hydroxyl groups excluding tert-OH is 1. The molecule has 3 nitrogen and oxygen atoms in total. The number of carbonyl (C=O) groups is 1. The maximum atomic E-state index is 12.6. The number of amides is 1. The predicted molar refractivity (Wildman–Crippen MR) is 118 cm³/mol. The molecule has 0 aromatic heterocycles. The second-order valence-corrected chi connectivity index (χ2v) is 8.24. The number of nitrogens with one attached hydrogen (secondary N) is 1. The van der Waals surface area contributed by atoms with E-state index in [-0.39, 0.29) is 5.92 Å². The summed E-state index contributed by atoms with van der Waals surface area (Å²) >= 11 is 0. The highest BCUT2D eigenvalue weighted by atomic mass is 16.2. The first kappa shape index (κ1) is 26.4. The topological polar surface area (TPSA) is 49.3 Å². The molecule has 0 saturated carbocycles. The van der Waals surface area contributed by atoms with Gasteiger partial charge in [0.25, 0.3) is 0 Å². The Kier molecular flexibility index (Phi) is 21.3. The molecule has 0 spiro atoms. The van der Waals surface area contributed by atoms with Gasteiger partial charge >= 0.3 is 0 Å². The molecular formula is C24H49NO2. The van der Waals surface area contributed by atoms with Crippen molar-refractivity contribution in [1.29, 1.82) is 0 Å². The first-order valence-corrected chi connectivity index (χ1v) is 12.1. The predicted octanol–water partition coefficient (Wildman–Crippen LogP) is 6.77. The highest BCUT2D eigenvalue weighted by molar-refractivity contribution is 5.78. The molecule has 2 N–H and O–H groups in total. The van der Waals surface area contributed by atoms with Gasteiger partial charge in [-0.2, -0.15) is 0 Å². The van der Waals surface area contributed by atoms with Crippen molar-refractivity contribution in [2.24, 2.45) is 5.92 Å². The average Bonchev–Trinajstić information content (AvgIpc) is 2.68. The van der Waals surface area contributed by atoms with E-state index in [2.05, 4.69) is 19.2 Å². The van der Waals surface area contributed by atoms with Gasteiger partial charge in [0.05, 0.1) is 0 Å². The Hall–Kier alpha value is -0.570. The number of hydrogen-bond donors (Lipinski definition) is 2. The van der Waals surface area contributed by atoms with Crippen LogP contribution in [0.3, 0.4) is 0 Å². The van der Waals surface area contributed by atoms with Gasteiger partial charge in [-0.3, -0.25) is 4.79 Å². The fourth-order valence-electron chi connectivity index (χ4n) is 3.69. The summed E-state index contributed by atoms with van der Waals surface area (Å²) in [6, 6.07) is 0. The normalized spacial score (nSPS) is 12.3. The van der Waals surface area contributed by atoms with Gasteiger partial charge in [0.2, 0.25) is 5.91 Å².